The summed E-state index contributed by atoms with van der Waals surface area (Å²) >= 11 is 4.95. The molecule has 3 N–H and O–H groups in total. The predicted molar refractivity (Wildman–Crippen MR) is 85.8 cm³/mol. The van der Waals surface area contributed by atoms with Crippen molar-refractivity contribution in [3.05, 3.63) is 52.8 Å². The first-order valence-corrected chi connectivity index (χ1v) is 6.96. The van der Waals surface area contributed by atoms with Crippen molar-refractivity contribution in [2.24, 2.45) is 5.73 Å². The van der Waals surface area contributed by atoms with E-state index >= 15 is 0 Å². The highest BCUT2D eigenvalue weighted by atomic mass is 32.1. The number of thiocarbonyl (C=S) groups is 1. The second kappa shape index (κ2) is 6.43. The first-order chi connectivity index (χ1) is 9.58. The molecule has 0 amide bonds. The molecule has 0 saturated carbocycles. The molecule has 5 heteroatoms. The van der Waals surface area contributed by atoms with Crippen molar-refractivity contribution in [1.29, 1.82) is 0 Å². The zero-order valence-electron chi connectivity index (χ0n) is 11.7. The molecule has 0 aliphatic rings. The average Bonchev–Trinajstić information content (AvgIpc) is 2.45. The van der Waals surface area contributed by atoms with E-state index in [1.54, 1.807) is 6.07 Å². The largest absolute Gasteiger partial charge is 0.388 e. The van der Waals surface area contributed by atoms with Crippen molar-refractivity contribution in [2.45, 2.75) is 26.8 Å². The lowest BCUT2D eigenvalue weighted by Crippen LogP contribution is -2.14. The van der Waals surface area contributed by atoms with E-state index in [2.05, 4.69) is 46.5 Å². The minimum absolute atomic E-state index is 0.283. The number of benzene rings is 1. The van der Waals surface area contributed by atoms with Crippen LogP contribution in [0.15, 0.2) is 30.3 Å². The highest BCUT2D eigenvalue weighted by Gasteiger charge is 2.04. The van der Waals surface area contributed by atoms with Crippen LogP contribution in [-0.2, 0) is 13.0 Å². The van der Waals surface area contributed by atoms with Crippen LogP contribution < -0.4 is 11.1 Å². The third kappa shape index (κ3) is 3.74. The summed E-state index contributed by atoms with van der Waals surface area (Å²) in [6, 6.07) is 10.3. The Morgan fingerprint density at radius 3 is 2.45 bits per heavy atom. The molecule has 0 fully saturated rings. The Morgan fingerprint density at radius 1 is 1.20 bits per heavy atom. The Labute approximate surface area is 124 Å². The molecule has 0 aliphatic heterocycles. The summed E-state index contributed by atoms with van der Waals surface area (Å²) in [6.07, 6.45) is 1.05. The zero-order chi connectivity index (χ0) is 14.5. The fourth-order valence-corrected chi connectivity index (χ4v) is 1.95. The Bertz CT molecular complexity index is 608. The quantitative estimate of drug-likeness (QED) is 0.827. The Kier molecular flexibility index (Phi) is 4.63. The zero-order valence-corrected chi connectivity index (χ0v) is 12.5. The van der Waals surface area contributed by atoms with E-state index in [9.17, 15) is 0 Å². The van der Waals surface area contributed by atoms with Gasteiger partial charge in [-0.15, -0.1) is 0 Å². The molecule has 1 heterocycles. The molecule has 0 spiro atoms. The maximum Gasteiger partial charge on any atom is 0.223 e. The number of aromatic nitrogens is 2. The first-order valence-electron chi connectivity index (χ1n) is 6.55. The molecule has 104 valence electrons. The van der Waals surface area contributed by atoms with Gasteiger partial charge in [0.1, 0.15) is 10.7 Å². The lowest BCUT2D eigenvalue weighted by Gasteiger charge is -2.08. The first kappa shape index (κ1) is 14.4. The number of anilines is 1. The molecule has 2 aromatic rings. The maximum atomic E-state index is 5.60. The average molecular weight is 286 g/mol. The summed E-state index contributed by atoms with van der Waals surface area (Å²) in [6.45, 7) is 4.71. The van der Waals surface area contributed by atoms with Crippen molar-refractivity contribution in [3.63, 3.8) is 0 Å². The minimum Gasteiger partial charge on any atom is -0.388 e. The van der Waals surface area contributed by atoms with Crippen LogP contribution in [0.2, 0.25) is 0 Å². The second-order valence-corrected chi connectivity index (χ2v) is 5.05. The van der Waals surface area contributed by atoms with Gasteiger partial charge in [-0.2, -0.15) is 0 Å². The number of nitrogens with one attached hydrogen (secondary N) is 1. The Balaban J connectivity index is 2.08. The second-order valence-electron chi connectivity index (χ2n) is 4.61. The van der Waals surface area contributed by atoms with Gasteiger partial charge in [-0.1, -0.05) is 43.4 Å². The van der Waals surface area contributed by atoms with E-state index in [0.29, 0.717) is 18.2 Å². The summed E-state index contributed by atoms with van der Waals surface area (Å²) in [5.74, 6) is 0.548. The van der Waals surface area contributed by atoms with Crippen molar-refractivity contribution in [2.75, 3.05) is 5.32 Å². The van der Waals surface area contributed by atoms with E-state index in [4.69, 9.17) is 18.0 Å². The fourth-order valence-electron chi connectivity index (χ4n) is 1.85. The highest BCUT2D eigenvalue weighted by Crippen LogP contribution is 2.09. The van der Waals surface area contributed by atoms with E-state index in [1.807, 2.05) is 6.92 Å². The van der Waals surface area contributed by atoms with Crippen molar-refractivity contribution in [1.82, 2.24) is 9.97 Å². The summed E-state index contributed by atoms with van der Waals surface area (Å²) in [5.41, 5.74) is 9.55. The SMILES string of the molecule is CCc1ccc(CNc2nc(C)cc(C(N)=S)n2)cc1. The van der Waals surface area contributed by atoms with Gasteiger partial charge in [-0.25, -0.2) is 9.97 Å². The molecule has 0 unspecified atom stereocenters. The summed E-state index contributed by atoms with van der Waals surface area (Å²) in [7, 11) is 0. The van der Waals surface area contributed by atoms with Crippen LogP contribution in [0.4, 0.5) is 5.95 Å². The van der Waals surface area contributed by atoms with Crippen molar-refractivity contribution in [3.8, 4) is 0 Å². The normalized spacial score (nSPS) is 10.3. The Morgan fingerprint density at radius 2 is 1.85 bits per heavy atom. The molecule has 1 aromatic heterocycles. The van der Waals surface area contributed by atoms with Gasteiger partial charge in [0.25, 0.3) is 0 Å². The minimum atomic E-state index is 0.283. The van der Waals surface area contributed by atoms with Crippen LogP contribution in [-0.4, -0.2) is 15.0 Å². The molecule has 0 saturated heterocycles. The summed E-state index contributed by atoms with van der Waals surface area (Å²) < 4.78 is 0. The van der Waals surface area contributed by atoms with Gasteiger partial charge in [0.05, 0.1) is 0 Å². The Hall–Kier alpha value is -2.01. The molecule has 1 aromatic carbocycles. The van der Waals surface area contributed by atoms with Gasteiger partial charge < -0.3 is 11.1 Å². The molecule has 0 radical (unpaired) electrons. The number of hydrogen-bond donors (Lipinski definition) is 2. The molecule has 4 nitrogen and oxygen atoms in total. The summed E-state index contributed by atoms with van der Waals surface area (Å²) in [4.78, 5) is 8.90. The smallest absolute Gasteiger partial charge is 0.223 e. The third-order valence-corrected chi connectivity index (χ3v) is 3.20. The molecule has 2 rings (SSSR count). The highest BCUT2D eigenvalue weighted by molar-refractivity contribution is 7.80. The van der Waals surface area contributed by atoms with E-state index < -0.39 is 0 Å². The molecular formula is C15H18N4S. The van der Waals surface area contributed by atoms with Gasteiger partial charge in [0.2, 0.25) is 5.95 Å². The number of rotatable bonds is 5. The van der Waals surface area contributed by atoms with Crippen LogP contribution in [0.25, 0.3) is 0 Å². The topological polar surface area (TPSA) is 63.8 Å². The molecule has 0 aliphatic carbocycles. The van der Waals surface area contributed by atoms with Crippen LogP contribution in [0.3, 0.4) is 0 Å². The van der Waals surface area contributed by atoms with Crippen LogP contribution >= 0.6 is 12.2 Å². The van der Waals surface area contributed by atoms with Crippen LogP contribution in [0.1, 0.15) is 29.4 Å². The number of aryl methyl sites for hydroxylation is 2. The van der Waals surface area contributed by atoms with E-state index in [-0.39, 0.29) is 4.99 Å². The molecule has 20 heavy (non-hydrogen) atoms. The monoisotopic (exact) mass is 286 g/mol. The predicted octanol–water partition coefficient (Wildman–Crippen LogP) is 2.59. The van der Waals surface area contributed by atoms with Gasteiger partial charge in [0.15, 0.2) is 0 Å². The van der Waals surface area contributed by atoms with Gasteiger partial charge in [-0.05, 0) is 30.5 Å². The van der Waals surface area contributed by atoms with Crippen molar-refractivity contribution >= 4 is 23.2 Å². The molecular weight excluding hydrogens is 268 g/mol. The van der Waals surface area contributed by atoms with Gasteiger partial charge in [-0.3, -0.25) is 0 Å². The maximum absolute atomic E-state index is 5.60. The lowest BCUT2D eigenvalue weighted by molar-refractivity contribution is 1.02. The van der Waals surface area contributed by atoms with E-state index in [0.717, 1.165) is 12.1 Å². The number of nitrogens with two attached hydrogens (primary N) is 1. The van der Waals surface area contributed by atoms with Gasteiger partial charge >= 0.3 is 0 Å². The van der Waals surface area contributed by atoms with Crippen LogP contribution in [0, 0.1) is 6.92 Å². The fraction of sp³-hybridized carbons (Fsp3) is 0.267. The van der Waals surface area contributed by atoms with Crippen LogP contribution in [0.5, 0.6) is 0 Å². The van der Waals surface area contributed by atoms with Crippen molar-refractivity contribution < 1.29 is 0 Å². The standard InChI is InChI=1S/C15H18N4S/c1-3-11-4-6-12(7-5-11)9-17-15-18-10(2)8-13(19-15)14(16)20/h4-8H,3,9H2,1-2H3,(H2,16,20)(H,17,18,19). The molecule has 0 bridgehead atoms. The van der Waals surface area contributed by atoms with Gasteiger partial charge in [0, 0.05) is 12.2 Å². The molecule has 0 atom stereocenters. The number of nitrogens with zero attached hydrogens (tertiary/aromatic N) is 2. The third-order valence-electron chi connectivity index (χ3n) is 2.99. The summed E-state index contributed by atoms with van der Waals surface area (Å²) in [5, 5.41) is 3.20. The lowest BCUT2D eigenvalue weighted by atomic mass is 10.1. The van der Waals surface area contributed by atoms with E-state index in [1.165, 1.54) is 11.1 Å². The number of hydrogen-bond acceptors (Lipinski definition) is 4.